The maximum absolute atomic E-state index is 5.83. The van der Waals surface area contributed by atoms with Crippen molar-refractivity contribution in [1.82, 2.24) is 0 Å². The van der Waals surface area contributed by atoms with Crippen molar-refractivity contribution >= 4 is 0 Å². The molecule has 5 unspecified atom stereocenters. The van der Waals surface area contributed by atoms with E-state index in [-0.39, 0.29) is 0 Å². The summed E-state index contributed by atoms with van der Waals surface area (Å²) in [6.07, 6.45) is 4.83. The average Bonchev–Trinajstić information content (AvgIpc) is 2.70. The van der Waals surface area contributed by atoms with Crippen LogP contribution in [0.3, 0.4) is 0 Å². The Labute approximate surface area is 74.5 Å². The summed E-state index contributed by atoms with van der Waals surface area (Å²) in [6.45, 7) is 4.28. The molecule has 1 heterocycles. The highest BCUT2D eigenvalue weighted by molar-refractivity contribution is 4.97. The van der Waals surface area contributed by atoms with Crippen molar-refractivity contribution in [2.45, 2.75) is 51.4 Å². The van der Waals surface area contributed by atoms with Crippen LogP contribution < -0.4 is 5.73 Å². The van der Waals surface area contributed by atoms with Gasteiger partial charge in [-0.3, -0.25) is 0 Å². The molecular weight excluding hydrogens is 150 g/mol. The van der Waals surface area contributed by atoms with Gasteiger partial charge in [-0.1, -0.05) is 0 Å². The van der Waals surface area contributed by atoms with E-state index >= 15 is 0 Å². The standard InChI is InChI=1S/C10H19NO/c1-6-3-4-10(12-6)9-5-8(9)7(2)11/h6-10H,3-5,11H2,1-2H3. The minimum atomic E-state index is 0.370. The van der Waals surface area contributed by atoms with Gasteiger partial charge in [0, 0.05) is 6.04 Å². The lowest BCUT2D eigenvalue weighted by atomic mass is 10.1. The normalized spacial score (nSPS) is 49.2. The number of hydrogen-bond acceptors (Lipinski definition) is 2. The van der Waals surface area contributed by atoms with Gasteiger partial charge < -0.3 is 10.5 Å². The first kappa shape index (κ1) is 8.52. The first-order chi connectivity index (χ1) is 5.68. The smallest absolute Gasteiger partial charge is 0.0611 e. The third-order valence-corrected chi connectivity index (χ3v) is 3.31. The van der Waals surface area contributed by atoms with Gasteiger partial charge in [0.25, 0.3) is 0 Å². The largest absolute Gasteiger partial charge is 0.375 e. The molecule has 0 aromatic carbocycles. The Bertz CT molecular complexity index is 169. The molecule has 1 aliphatic heterocycles. The second kappa shape index (κ2) is 3.00. The van der Waals surface area contributed by atoms with Gasteiger partial charge in [-0.05, 0) is 44.9 Å². The molecular formula is C10H19NO. The average molecular weight is 169 g/mol. The summed E-state index contributed by atoms with van der Waals surface area (Å²) < 4.78 is 5.81. The van der Waals surface area contributed by atoms with Crippen molar-refractivity contribution in [3.05, 3.63) is 0 Å². The maximum atomic E-state index is 5.83. The lowest BCUT2D eigenvalue weighted by Gasteiger charge is -2.11. The first-order valence-corrected chi connectivity index (χ1v) is 5.09. The van der Waals surface area contributed by atoms with E-state index in [0.29, 0.717) is 18.2 Å². The second-order valence-corrected chi connectivity index (χ2v) is 4.49. The maximum Gasteiger partial charge on any atom is 0.0611 e. The monoisotopic (exact) mass is 169 g/mol. The lowest BCUT2D eigenvalue weighted by molar-refractivity contribution is 0.0390. The van der Waals surface area contributed by atoms with E-state index in [1.54, 1.807) is 0 Å². The van der Waals surface area contributed by atoms with E-state index in [1.807, 2.05) is 0 Å². The minimum absolute atomic E-state index is 0.370. The Balaban J connectivity index is 1.81. The molecule has 2 nitrogen and oxygen atoms in total. The Hall–Kier alpha value is -0.0800. The summed E-state index contributed by atoms with van der Waals surface area (Å²) in [6, 6.07) is 0.370. The SMILES string of the molecule is CC1CCC(C2CC2C(C)N)O1. The van der Waals surface area contributed by atoms with Crippen molar-refractivity contribution in [2.24, 2.45) is 17.6 Å². The van der Waals surface area contributed by atoms with Crippen LogP contribution in [0.1, 0.15) is 33.1 Å². The predicted molar refractivity (Wildman–Crippen MR) is 48.8 cm³/mol. The van der Waals surface area contributed by atoms with Crippen LogP contribution in [0.15, 0.2) is 0 Å². The summed E-state index contributed by atoms with van der Waals surface area (Å²) in [5.41, 5.74) is 5.83. The van der Waals surface area contributed by atoms with Crippen LogP contribution in [-0.2, 0) is 4.74 Å². The zero-order valence-corrected chi connectivity index (χ0v) is 7.99. The van der Waals surface area contributed by atoms with Gasteiger partial charge >= 0.3 is 0 Å². The molecule has 0 aromatic rings. The fraction of sp³-hybridized carbons (Fsp3) is 1.00. The summed E-state index contributed by atoms with van der Waals surface area (Å²) in [7, 11) is 0. The first-order valence-electron chi connectivity index (χ1n) is 5.09. The van der Waals surface area contributed by atoms with Crippen molar-refractivity contribution in [3.8, 4) is 0 Å². The molecule has 1 aliphatic carbocycles. The van der Waals surface area contributed by atoms with E-state index in [2.05, 4.69) is 13.8 Å². The molecule has 2 N–H and O–H groups in total. The molecule has 0 spiro atoms. The molecule has 70 valence electrons. The number of hydrogen-bond donors (Lipinski definition) is 1. The highest BCUT2D eigenvalue weighted by Gasteiger charge is 2.47. The van der Waals surface area contributed by atoms with Crippen molar-refractivity contribution < 1.29 is 4.74 Å². The van der Waals surface area contributed by atoms with Gasteiger partial charge in [0.15, 0.2) is 0 Å². The summed E-state index contributed by atoms with van der Waals surface area (Å²) >= 11 is 0. The third kappa shape index (κ3) is 1.50. The van der Waals surface area contributed by atoms with Gasteiger partial charge in [-0.2, -0.15) is 0 Å². The van der Waals surface area contributed by atoms with Gasteiger partial charge in [0.1, 0.15) is 0 Å². The molecule has 0 amide bonds. The molecule has 2 aliphatic rings. The van der Waals surface area contributed by atoms with Gasteiger partial charge in [0.05, 0.1) is 12.2 Å². The molecule has 2 heteroatoms. The van der Waals surface area contributed by atoms with Crippen LogP contribution in [-0.4, -0.2) is 18.2 Å². The van der Waals surface area contributed by atoms with E-state index in [0.717, 1.165) is 11.8 Å². The summed E-state index contributed by atoms with van der Waals surface area (Å²) in [5, 5.41) is 0. The molecule has 2 fully saturated rings. The number of ether oxygens (including phenoxy) is 1. The molecule has 1 saturated heterocycles. The van der Waals surface area contributed by atoms with Crippen LogP contribution >= 0.6 is 0 Å². The highest BCUT2D eigenvalue weighted by Crippen LogP contribution is 2.47. The quantitative estimate of drug-likeness (QED) is 0.680. The second-order valence-electron chi connectivity index (χ2n) is 4.49. The van der Waals surface area contributed by atoms with E-state index < -0.39 is 0 Å². The molecule has 0 radical (unpaired) electrons. The molecule has 2 rings (SSSR count). The van der Waals surface area contributed by atoms with Crippen LogP contribution in [0.2, 0.25) is 0 Å². The highest BCUT2D eigenvalue weighted by atomic mass is 16.5. The molecule has 5 atom stereocenters. The van der Waals surface area contributed by atoms with E-state index in [4.69, 9.17) is 10.5 Å². The number of rotatable bonds is 2. The van der Waals surface area contributed by atoms with Crippen molar-refractivity contribution in [1.29, 1.82) is 0 Å². The van der Waals surface area contributed by atoms with Crippen molar-refractivity contribution in [3.63, 3.8) is 0 Å². The van der Waals surface area contributed by atoms with Gasteiger partial charge in [-0.25, -0.2) is 0 Å². The zero-order chi connectivity index (χ0) is 8.72. The van der Waals surface area contributed by atoms with E-state index in [9.17, 15) is 0 Å². The van der Waals surface area contributed by atoms with Crippen LogP contribution in [0, 0.1) is 11.8 Å². The molecule has 12 heavy (non-hydrogen) atoms. The lowest BCUT2D eigenvalue weighted by Crippen LogP contribution is -2.22. The Morgan fingerprint density at radius 3 is 2.58 bits per heavy atom. The Morgan fingerprint density at radius 1 is 1.42 bits per heavy atom. The van der Waals surface area contributed by atoms with Crippen LogP contribution in [0.5, 0.6) is 0 Å². The fourth-order valence-corrected chi connectivity index (χ4v) is 2.42. The van der Waals surface area contributed by atoms with Crippen LogP contribution in [0.25, 0.3) is 0 Å². The summed E-state index contributed by atoms with van der Waals surface area (Å²) in [5.74, 6) is 1.54. The van der Waals surface area contributed by atoms with Crippen LogP contribution in [0.4, 0.5) is 0 Å². The third-order valence-electron chi connectivity index (χ3n) is 3.31. The molecule has 0 bridgehead atoms. The van der Waals surface area contributed by atoms with E-state index in [1.165, 1.54) is 19.3 Å². The number of nitrogens with two attached hydrogens (primary N) is 1. The van der Waals surface area contributed by atoms with Gasteiger partial charge in [0.2, 0.25) is 0 Å². The minimum Gasteiger partial charge on any atom is -0.375 e. The Morgan fingerprint density at radius 2 is 2.17 bits per heavy atom. The molecule has 1 saturated carbocycles. The fourth-order valence-electron chi connectivity index (χ4n) is 2.42. The van der Waals surface area contributed by atoms with Crippen molar-refractivity contribution in [2.75, 3.05) is 0 Å². The predicted octanol–water partition coefficient (Wildman–Crippen LogP) is 1.54. The summed E-state index contributed by atoms with van der Waals surface area (Å²) in [4.78, 5) is 0. The Kier molecular flexibility index (Phi) is 2.13. The molecule has 0 aromatic heterocycles. The topological polar surface area (TPSA) is 35.2 Å². The van der Waals surface area contributed by atoms with Gasteiger partial charge in [-0.15, -0.1) is 0 Å². The zero-order valence-electron chi connectivity index (χ0n) is 7.99.